The van der Waals surface area contributed by atoms with Crippen molar-refractivity contribution in [3.05, 3.63) is 58.5 Å². The lowest BCUT2D eigenvalue weighted by molar-refractivity contribution is -0.141. The van der Waals surface area contributed by atoms with Gasteiger partial charge in [-0.2, -0.15) is 0 Å². The second kappa shape index (κ2) is 8.53. The Morgan fingerprint density at radius 3 is 2.61 bits per heavy atom. The molecule has 0 aliphatic heterocycles. The van der Waals surface area contributed by atoms with Gasteiger partial charge in [0.2, 0.25) is 5.91 Å². The Bertz CT molecular complexity index is 637. The zero-order valence-corrected chi connectivity index (χ0v) is 14.3. The standard InChI is InChI=1S/C17H18BrNO4/c1-22-17(21)11-15(12-4-6-13(18)7-5-12)19-16(20)9-8-14-3-2-10-23-14/h2-7,10,15H,8-9,11H2,1H3,(H,19,20). The number of rotatable bonds is 7. The third kappa shape index (κ3) is 5.56. The topological polar surface area (TPSA) is 68.5 Å². The molecule has 1 atom stereocenters. The van der Waals surface area contributed by atoms with E-state index >= 15 is 0 Å². The van der Waals surface area contributed by atoms with E-state index in [1.165, 1.54) is 7.11 Å². The first kappa shape index (κ1) is 17.3. The van der Waals surface area contributed by atoms with Gasteiger partial charge in [0, 0.05) is 17.3 Å². The maximum absolute atomic E-state index is 12.1. The highest BCUT2D eigenvalue weighted by Gasteiger charge is 2.19. The minimum absolute atomic E-state index is 0.0879. The van der Waals surface area contributed by atoms with Crippen LogP contribution in [0.3, 0.4) is 0 Å². The molecule has 2 aromatic rings. The molecule has 122 valence electrons. The summed E-state index contributed by atoms with van der Waals surface area (Å²) in [7, 11) is 1.33. The molecule has 0 fully saturated rings. The molecule has 1 N–H and O–H groups in total. The van der Waals surface area contributed by atoms with E-state index in [4.69, 9.17) is 9.15 Å². The van der Waals surface area contributed by atoms with Crippen LogP contribution in [0, 0.1) is 0 Å². The highest BCUT2D eigenvalue weighted by Crippen LogP contribution is 2.20. The summed E-state index contributed by atoms with van der Waals surface area (Å²) in [5, 5.41) is 2.88. The van der Waals surface area contributed by atoms with Crippen molar-refractivity contribution in [1.82, 2.24) is 5.32 Å². The molecular weight excluding hydrogens is 362 g/mol. The first-order valence-electron chi connectivity index (χ1n) is 7.22. The number of ether oxygens (including phenoxy) is 1. The Morgan fingerprint density at radius 1 is 1.26 bits per heavy atom. The summed E-state index contributed by atoms with van der Waals surface area (Å²) in [5.41, 5.74) is 0.852. The molecule has 0 aliphatic rings. The van der Waals surface area contributed by atoms with Gasteiger partial charge < -0.3 is 14.5 Å². The van der Waals surface area contributed by atoms with Gasteiger partial charge in [-0.3, -0.25) is 9.59 Å². The molecule has 1 aromatic heterocycles. The predicted octanol–water partition coefficient (Wildman–Crippen LogP) is 3.40. The molecule has 0 bridgehead atoms. The molecular formula is C17H18BrNO4. The summed E-state index contributed by atoms with van der Waals surface area (Å²) in [5.74, 6) is 0.246. The van der Waals surface area contributed by atoms with Gasteiger partial charge in [0.25, 0.3) is 0 Å². The van der Waals surface area contributed by atoms with E-state index in [2.05, 4.69) is 21.2 Å². The monoisotopic (exact) mass is 379 g/mol. The number of hydrogen-bond donors (Lipinski definition) is 1. The largest absolute Gasteiger partial charge is 0.469 e. The van der Waals surface area contributed by atoms with E-state index in [1.807, 2.05) is 30.3 Å². The molecule has 0 saturated heterocycles. The molecule has 0 spiro atoms. The van der Waals surface area contributed by atoms with Crippen LogP contribution in [0.4, 0.5) is 0 Å². The maximum Gasteiger partial charge on any atom is 0.307 e. The lowest BCUT2D eigenvalue weighted by Gasteiger charge is -2.18. The fourth-order valence-corrected chi connectivity index (χ4v) is 2.42. The predicted molar refractivity (Wildman–Crippen MR) is 88.7 cm³/mol. The average Bonchev–Trinajstić information content (AvgIpc) is 3.06. The number of furan rings is 1. The quantitative estimate of drug-likeness (QED) is 0.748. The molecule has 0 aliphatic carbocycles. The van der Waals surface area contributed by atoms with Crippen LogP contribution in [-0.2, 0) is 20.7 Å². The average molecular weight is 380 g/mol. The van der Waals surface area contributed by atoms with Crippen LogP contribution in [0.5, 0.6) is 0 Å². The lowest BCUT2D eigenvalue weighted by atomic mass is 10.0. The van der Waals surface area contributed by atoms with E-state index in [1.54, 1.807) is 12.3 Å². The summed E-state index contributed by atoms with van der Waals surface area (Å²) in [6, 6.07) is 10.7. The van der Waals surface area contributed by atoms with Gasteiger partial charge in [0.1, 0.15) is 5.76 Å². The fraction of sp³-hybridized carbons (Fsp3) is 0.294. The molecule has 0 radical (unpaired) electrons. The summed E-state index contributed by atoms with van der Waals surface area (Å²) in [6.07, 6.45) is 2.48. The van der Waals surface area contributed by atoms with Crippen molar-refractivity contribution >= 4 is 27.8 Å². The van der Waals surface area contributed by atoms with Crippen LogP contribution in [0.2, 0.25) is 0 Å². The number of aryl methyl sites for hydroxylation is 1. The molecule has 1 aromatic carbocycles. The zero-order chi connectivity index (χ0) is 16.7. The zero-order valence-electron chi connectivity index (χ0n) is 12.8. The van der Waals surface area contributed by atoms with Crippen LogP contribution in [0.25, 0.3) is 0 Å². The number of hydrogen-bond acceptors (Lipinski definition) is 4. The molecule has 2 rings (SSSR count). The number of amides is 1. The van der Waals surface area contributed by atoms with Crippen molar-refractivity contribution < 1.29 is 18.7 Å². The second-order valence-electron chi connectivity index (χ2n) is 5.03. The molecule has 6 heteroatoms. The molecule has 1 heterocycles. The van der Waals surface area contributed by atoms with Crippen LogP contribution in [-0.4, -0.2) is 19.0 Å². The van der Waals surface area contributed by atoms with Gasteiger partial charge in [-0.25, -0.2) is 0 Å². The van der Waals surface area contributed by atoms with Crippen LogP contribution < -0.4 is 5.32 Å². The van der Waals surface area contributed by atoms with Crippen molar-refractivity contribution in [1.29, 1.82) is 0 Å². The van der Waals surface area contributed by atoms with Crippen molar-refractivity contribution in [2.24, 2.45) is 0 Å². The van der Waals surface area contributed by atoms with Gasteiger partial charge in [-0.05, 0) is 29.8 Å². The van der Waals surface area contributed by atoms with Gasteiger partial charge in [0.05, 0.1) is 25.8 Å². The normalized spacial score (nSPS) is 11.7. The van der Waals surface area contributed by atoms with Gasteiger partial charge in [-0.1, -0.05) is 28.1 Å². The SMILES string of the molecule is COC(=O)CC(NC(=O)CCc1ccco1)c1ccc(Br)cc1. The van der Waals surface area contributed by atoms with Crippen molar-refractivity contribution in [2.45, 2.75) is 25.3 Å². The Labute approximate surface area is 143 Å². The van der Waals surface area contributed by atoms with E-state index in [-0.39, 0.29) is 18.3 Å². The second-order valence-corrected chi connectivity index (χ2v) is 5.95. The molecule has 1 amide bonds. The summed E-state index contributed by atoms with van der Waals surface area (Å²) >= 11 is 3.37. The number of carbonyl (C=O) groups is 2. The van der Waals surface area contributed by atoms with Crippen molar-refractivity contribution in [2.75, 3.05) is 7.11 Å². The molecule has 5 nitrogen and oxygen atoms in total. The van der Waals surface area contributed by atoms with Gasteiger partial charge >= 0.3 is 5.97 Å². The number of esters is 1. The van der Waals surface area contributed by atoms with E-state index < -0.39 is 6.04 Å². The molecule has 0 saturated carbocycles. The van der Waals surface area contributed by atoms with Gasteiger partial charge in [-0.15, -0.1) is 0 Å². The van der Waals surface area contributed by atoms with Crippen LogP contribution in [0.1, 0.15) is 30.2 Å². The number of carbonyl (C=O) groups excluding carboxylic acids is 2. The van der Waals surface area contributed by atoms with E-state index in [9.17, 15) is 9.59 Å². The lowest BCUT2D eigenvalue weighted by Crippen LogP contribution is -2.30. The van der Waals surface area contributed by atoms with Gasteiger partial charge in [0.15, 0.2) is 0 Å². The number of halogens is 1. The number of methoxy groups -OCH3 is 1. The molecule has 23 heavy (non-hydrogen) atoms. The van der Waals surface area contributed by atoms with Crippen molar-refractivity contribution in [3.8, 4) is 0 Å². The summed E-state index contributed by atoms with van der Waals surface area (Å²) in [4.78, 5) is 23.7. The van der Waals surface area contributed by atoms with Crippen LogP contribution >= 0.6 is 15.9 Å². The van der Waals surface area contributed by atoms with E-state index in [0.717, 1.165) is 15.8 Å². The highest BCUT2D eigenvalue weighted by atomic mass is 79.9. The third-order valence-electron chi connectivity index (χ3n) is 3.38. The minimum atomic E-state index is -0.417. The highest BCUT2D eigenvalue weighted by molar-refractivity contribution is 9.10. The minimum Gasteiger partial charge on any atom is -0.469 e. The Kier molecular flexibility index (Phi) is 6.40. The third-order valence-corrected chi connectivity index (χ3v) is 3.91. The van der Waals surface area contributed by atoms with E-state index in [0.29, 0.717) is 12.8 Å². The van der Waals surface area contributed by atoms with Crippen LogP contribution in [0.15, 0.2) is 51.6 Å². The Balaban J connectivity index is 1.99. The Morgan fingerprint density at radius 2 is 2.00 bits per heavy atom. The summed E-state index contributed by atoms with van der Waals surface area (Å²) < 4.78 is 10.9. The number of benzene rings is 1. The first-order valence-corrected chi connectivity index (χ1v) is 8.02. The first-order chi connectivity index (χ1) is 11.1. The van der Waals surface area contributed by atoms with Crippen molar-refractivity contribution in [3.63, 3.8) is 0 Å². The fourth-order valence-electron chi connectivity index (χ4n) is 2.16. The smallest absolute Gasteiger partial charge is 0.307 e. The summed E-state index contributed by atoms with van der Waals surface area (Å²) in [6.45, 7) is 0. The molecule has 1 unspecified atom stereocenters. The number of nitrogens with one attached hydrogen (secondary N) is 1. The Hall–Kier alpha value is -2.08. The maximum atomic E-state index is 12.1.